The third kappa shape index (κ3) is 5.52. The van der Waals surface area contributed by atoms with Gasteiger partial charge in [-0.25, -0.2) is 4.39 Å². The number of nitrogens with one attached hydrogen (secondary N) is 1. The van der Waals surface area contributed by atoms with Gasteiger partial charge in [0.25, 0.3) is 0 Å². The smallest absolute Gasteiger partial charge is 0.123 e. The molecule has 3 heteroatoms. The molecule has 1 nitrogen and oxygen atoms in total. The fourth-order valence-corrected chi connectivity index (χ4v) is 1.91. The van der Waals surface area contributed by atoms with Gasteiger partial charge in [0.2, 0.25) is 0 Å². The van der Waals surface area contributed by atoms with Crippen LogP contribution in [0.2, 0.25) is 0 Å². The predicted octanol–water partition coefficient (Wildman–Crippen LogP) is 3.10. The maximum atomic E-state index is 12.9. The zero-order chi connectivity index (χ0) is 11.8. The van der Waals surface area contributed by atoms with Crippen LogP contribution in [-0.4, -0.2) is 24.6 Å². The number of rotatable bonds is 7. The van der Waals surface area contributed by atoms with Crippen LogP contribution in [0.4, 0.5) is 4.39 Å². The summed E-state index contributed by atoms with van der Waals surface area (Å²) in [6.45, 7) is 3.23. The average molecular weight is 241 g/mol. The average Bonchev–Trinajstić information content (AvgIpc) is 2.27. The second kappa shape index (κ2) is 7.69. The Kier molecular flexibility index (Phi) is 6.50. The molecule has 0 saturated heterocycles. The molecule has 0 bridgehead atoms. The molecule has 0 aliphatic carbocycles. The van der Waals surface area contributed by atoms with Gasteiger partial charge in [0.05, 0.1) is 0 Å². The van der Waals surface area contributed by atoms with Crippen LogP contribution < -0.4 is 5.32 Å². The van der Waals surface area contributed by atoms with Crippen LogP contribution in [0.15, 0.2) is 24.3 Å². The summed E-state index contributed by atoms with van der Waals surface area (Å²) in [5.41, 5.74) is 1.08. The molecule has 1 aromatic carbocycles. The summed E-state index contributed by atoms with van der Waals surface area (Å²) >= 11 is 1.85. The molecular weight excluding hydrogens is 221 g/mol. The first kappa shape index (κ1) is 13.5. The van der Waals surface area contributed by atoms with Gasteiger partial charge in [-0.05, 0) is 43.7 Å². The van der Waals surface area contributed by atoms with E-state index < -0.39 is 0 Å². The van der Waals surface area contributed by atoms with Crippen molar-refractivity contribution in [3.8, 4) is 0 Å². The molecule has 0 amide bonds. The minimum absolute atomic E-state index is 0.138. The molecule has 0 spiro atoms. The Labute approximate surface area is 102 Å². The van der Waals surface area contributed by atoms with Crippen molar-refractivity contribution in [3.05, 3.63) is 35.6 Å². The van der Waals surface area contributed by atoms with Gasteiger partial charge < -0.3 is 5.32 Å². The largest absolute Gasteiger partial charge is 0.313 e. The highest BCUT2D eigenvalue weighted by Gasteiger charge is 2.02. The summed E-state index contributed by atoms with van der Waals surface area (Å²) in [6, 6.07) is 7.36. The summed E-state index contributed by atoms with van der Waals surface area (Å²) in [5.74, 6) is 1.00. The second-order valence-electron chi connectivity index (χ2n) is 4.02. The maximum absolute atomic E-state index is 12.9. The number of hydrogen-bond acceptors (Lipinski definition) is 2. The Bertz CT molecular complexity index is 304. The Hall–Kier alpha value is -0.540. The van der Waals surface area contributed by atoms with E-state index in [1.54, 1.807) is 12.1 Å². The van der Waals surface area contributed by atoms with E-state index in [1.807, 2.05) is 17.8 Å². The SMILES string of the molecule is CSCCNC(C)CCc1cccc(F)c1. The molecule has 0 fully saturated rings. The Morgan fingerprint density at radius 2 is 2.25 bits per heavy atom. The monoisotopic (exact) mass is 241 g/mol. The van der Waals surface area contributed by atoms with Crippen LogP contribution in [0.3, 0.4) is 0 Å². The van der Waals surface area contributed by atoms with Gasteiger partial charge in [0.1, 0.15) is 5.82 Å². The lowest BCUT2D eigenvalue weighted by Crippen LogP contribution is -2.28. The zero-order valence-electron chi connectivity index (χ0n) is 10.0. The molecule has 1 N–H and O–H groups in total. The van der Waals surface area contributed by atoms with Crippen molar-refractivity contribution in [2.45, 2.75) is 25.8 Å². The number of thioether (sulfide) groups is 1. The van der Waals surface area contributed by atoms with Crippen LogP contribution in [-0.2, 0) is 6.42 Å². The van der Waals surface area contributed by atoms with Crippen molar-refractivity contribution in [3.63, 3.8) is 0 Å². The van der Waals surface area contributed by atoms with Crippen LogP contribution in [0.5, 0.6) is 0 Å². The Morgan fingerprint density at radius 3 is 2.94 bits per heavy atom. The molecule has 0 saturated carbocycles. The number of hydrogen-bond donors (Lipinski definition) is 1. The van der Waals surface area contributed by atoms with E-state index in [1.165, 1.54) is 6.07 Å². The first-order valence-electron chi connectivity index (χ1n) is 5.69. The number of benzene rings is 1. The van der Waals surface area contributed by atoms with Crippen LogP contribution in [0.25, 0.3) is 0 Å². The van der Waals surface area contributed by atoms with Crippen LogP contribution in [0, 0.1) is 5.82 Å². The molecule has 16 heavy (non-hydrogen) atoms. The maximum Gasteiger partial charge on any atom is 0.123 e. The van der Waals surface area contributed by atoms with Gasteiger partial charge in [-0.1, -0.05) is 12.1 Å². The lowest BCUT2D eigenvalue weighted by molar-refractivity contribution is 0.531. The standard InChI is InChI=1S/C13H20FNS/c1-11(15-8-9-16-2)6-7-12-4-3-5-13(14)10-12/h3-5,10-11,15H,6-9H2,1-2H3. The van der Waals surface area contributed by atoms with E-state index in [4.69, 9.17) is 0 Å². The van der Waals surface area contributed by atoms with E-state index in [-0.39, 0.29) is 5.82 Å². The molecule has 1 rings (SSSR count). The third-order valence-corrected chi connectivity index (χ3v) is 3.17. The highest BCUT2D eigenvalue weighted by Crippen LogP contribution is 2.07. The molecule has 1 aromatic rings. The van der Waals surface area contributed by atoms with Crippen molar-refractivity contribution < 1.29 is 4.39 Å². The quantitative estimate of drug-likeness (QED) is 0.736. The lowest BCUT2D eigenvalue weighted by Gasteiger charge is -2.13. The molecule has 0 aromatic heterocycles. The van der Waals surface area contributed by atoms with Crippen molar-refractivity contribution in [2.75, 3.05) is 18.6 Å². The summed E-state index contributed by atoms with van der Waals surface area (Å²) < 4.78 is 12.9. The zero-order valence-corrected chi connectivity index (χ0v) is 10.8. The van der Waals surface area contributed by atoms with Crippen molar-refractivity contribution in [1.82, 2.24) is 5.32 Å². The summed E-state index contributed by atoms with van der Waals surface area (Å²) in [5, 5.41) is 3.45. The van der Waals surface area contributed by atoms with Gasteiger partial charge in [0.15, 0.2) is 0 Å². The van der Waals surface area contributed by atoms with Gasteiger partial charge in [-0.15, -0.1) is 0 Å². The van der Waals surface area contributed by atoms with E-state index in [9.17, 15) is 4.39 Å². The van der Waals surface area contributed by atoms with E-state index in [0.29, 0.717) is 6.04 Å². The fourth-order valence-electron chi connectivity index (χ4n) is 1.59. The minimum atomic E-state index is -0.138. The molecule has 1 unspecified atom stereocenters. The van der Waals surface area contributed by atoms with Gasteiger partial charge >= 0.3 is 0 Å². The van der Waals surface area contributed by atoms with Crippen molar-refractivity contribution in [1.29, 1.82) is 0 Å². The topological polar surface area (TPSA) is 12.0 Å². The number of halogens is 1. The Balaban J connectivity index is 2.23. The van der Waals surface area contributed by atoms with E-state index in [0.717, 1.165) is 30.7 Å². The van der Waals surface area contributed by atoms with Gasteiger partial charge in [-0.3, -0.25) is 0 Å². The highest BCUT2D eigenvalue weighted by atomic mass is 32.2. The highest BCUT2D eigenvalue weighted by molar-refractivity contribution is 7.98. The molecule has 0 aliphatic rings. The first-order valence-corrected chi connectivity index (χ1v) is 7.08. The normalized spacial score (nSPS) is 12.7. The van der Waals surface area contributed by atoms with E-state index in [2.05, 4.69) is 18.5 Å². The van der Waals surface area contributed by atoms with Crippen molar-refractivity contribution in [2.24, 2.45) is 0 Å². The summed E-state index contributed by atoms with van der Waals surface area (Å²) in [4.78, 5) is 0. The van der Waals surface area contributed by atoms with Gasteiger partial charge in [0, 0.05) is 18.3 Å². The summed E-state index contributed by atoms with van der Waals surface area (Å²) in [7, 11) is 0. The minimum Gasteiger partial charge on any atom is -0.313 e. The molecule has 0 heterocycles. The summed E-state index contributed by atoms with van der Waals surface area (Å²) in [6.07, 6.45) is 4.10. The molecule has 0 aliphatic heterocycles. The predicted molar refractivity (Wildman–Crippen MR) is 70.6 cm³/mol. The Morgan fingerprint density at radius 1 is 1.44 bits per heavy atom. The third-order valence-electron chi connectivity index (χ3n) is 2.55. The molecule has 1 atom stereocenters. The molecular formula is C13H20FNS. The fraction of sp³-hybridized carbons (Fsp3) is 0.538. The van der Waals surface area contributed by atoms with Crippen LogP contribution in [0.1, 0.15) is 18.9 Å². The second-order valence-corrected chi connectivity index (χ2v) is 5.00. The lowest BCUT2D eigenvalue weighted by atomic mass is 10.1. The van der Waals surface area contributed by atoms with Gasteiger partial charge in [-0.2, -0.15) is 11.8 Å². The first-order chi connectivity index (χ1) is 7.72. The van der Waals surface area contributed by atoms with E-state index >= 15 is 0 Å². The van der Waals surface area contributed by atoms with Crippen molar-refractivity contribution >= 4 is 11.8 Å². The molecule has 90 valence electrons. The molecule has 0 radical (unpaired) electrons. The number of aryl methyl sites for hydroxylation is 1. The van der Waals surface area contributed by atoms with Crippen LogP contribution >= 0.6 is 11.8 Å².